The first kappa shape index (κ1) is 17.7. The third-order valence-corrected chi connectivity index (χ3v) is 4.42. The fraction of sp³-hybridized carbons (Fsp3) is 0.368. The molecule has 7 heteroatoms. The van der Waals surface area contributed by atoms with Crippen LogP contribution in [0.5, 0.6) is 0 Å². The van der Waals surface area contributed by atoms with Crippen molar-refractivity contribution < 1.29 is 9.53 Å². The Morgan fingerprint density at radius 1 is 1.35 bits per heavy atom. The first-order valence-electron chi connectivity index (χ1n) is 8.55. The van der Waals surface area contributed by atoms with Gasteiger partial charge in [0.2, 0.25) is 5.95 Å². The molecule has 1 aromatic heterocycles. The quantitative estimate of drug-likeness (QED) is 0.886. The van der Waals surface area contributed by atoms with Gasteiger partial charge in [0, 0.05) is 6.20 Å². The van der Waals surface area contributed by atoms with Gasteiger partial charge in [0.05, 0.1) is 23.7 Å². The van der Waals surface area contributed by atoms with E-state index in [0.29, 0.717) is 23.9 Å². The summed E-state index contributed by atoms with van der Waals surface area (Å²) < 4.78 is 5.19. The van der Waals surface area contributed by atoms with E-state index in [4.69, 9.17) is 10.00 Å². The van der Waals surface area contributed by atoms with Crippen molar-refractivity contribution in [1.82, 2.24) is 9.97 Å². The molecule has 0 bridgehead atoms. The lowest BCUT2D eigenvalue weighted by Crippen LogP contribution is -2.37. The zero-order valence-corrected chi connectivity index (χ0v) is 15.0. The second kappa shape index (κ2) is 7.40. The predicted octanol–water partition coefficient (Wildman–Crippen LogP) is 3.50. The third kappa shape index (κ3) is 3.59. The van der Waals surface area contributed by atoms with E-state index in [1.165, 1.54) is 0 Å². The standard InChI is InChI=1S/C19H21N5O2/c1-12(2)16-11-26-19(25)24(16)17-7-8-21-18(23-17)22-13(3)15-6-4-5-14(9-15)10-20/h4-9,12-13,16H,11H2,1-3H3,(H,21,22,23). The van der Waals surface area contributed by atoms with Crippen LogP contribution in [0.1, 0.15) is 37.9 Å². The van der Waals surface area contributed by atoms with Crippen LogP contribution in [-0.2, 0) is 4.74 Å². The zero-order valence-electron chi connectivity index (χ0n) is 15.0. The average Bonchev–Trinajstić information content (AvgIpc) is 3.04. The number of carbonyl (C=O) groups excluding carboxylic acids is 1. The Labute approximate surface area is 152 Å². The van der Waals surface area contributed by atoms with Crippen LogP contribution in [0.3, 0.4) is 0 Å². The second-order valence-corrected chi connectivity index (χ2v) is 6.60. The highest BCUT2D eigenvalue weighted by Gasteiger charge is 2.37. The van der Waals surface area contributed by atoms with Gasteiger partial charge in [-0.05, 0) is 36.6 Å². The summed E-state index contributed by atoms with van der Waals surface area (Å²) in [6, 6.07) is 11.1. The fourth-order valence-electron chi connectivity index (χ4n) is 2.90. The van der Waals surface area contributed by atoms with E-state index in [0.717, 1.165) is 5.56 Å². The first-order valence-corrected chi connectivity index (χ1v) is 8.55. The van der Waals surface area contributed by atoms with E-state index in [2.05, 4.69) is 21.4 Å². The average molecular weight is 351 g/mol. The summed E-state index contributed by atoms with van der Waals surface area (Å²) in [4.78, 5) is 22.4. The van der Waals surface area contributed by atoms with Crippen LogP contribution in [0.4, 0.5) is 16.6 Å². The molecular formula is C19H21N5O2. The molecule has 0 radical (unpaired) electrons. The molecule has 2 unspecified atom stereocenters. The Kier molecular flexibility index (Phi) is 5.03. The van der Waals surface area contributed by atoms with Crippen molar-refractivity contribution in [3.05, 3.63) is 47.7 Å². The van der Waals surface area contributed by atoms with Crippen LogP contribution in [0.15, 0.2) is 36.5 Å². The van der Waals surface area contributed by atoms with E-state index in [-0.39, 0.29) is 24.1 Å². The van der Waals surface area contributed by atoms with E-state index < -0.39 is 0 Å². The summed E-state index contributed by atoms with van der Waals surface area (Å²) in [5.41, 5.74) is 1.56. The number of hydrogen-bond acceptors (Lipinski definition) is 6. The van der Waals surface area contributed by atoms with Crippen LogP contribution in [-0.4, -0.2) is 28.7 Å². The van der Waals surface area contributed by atoms with Crippen LogP contribution < -0.4 is 10.2 Å². The normalized spacial score (nSPS) is 17.7. The van der Waals surface area contributed by atoms with E-state index in [9.17, 15) is 4.79 Å². The van der Waals surface area contributed by atoms with Gasteiger partial charge < -0.3 is 10.1 Å². The number of hydrogen-bond donors (Lipinski definition) is 1. The summed E-state index contributed by atoms with van der Waals surface area (Å²) in [5, 5.41) is 12.3. The van der Waals surface area contributed by atoms with Gasteiger partial charge in [-0.1, -0.05) is 26.0 Å². The van der Waals surface area contributed by atoms with Crippen LogP contribution in [0.25, 0.3) is 0 Å². The molecule has 7 nitrogen and oxygen atoms in total. The number of nitriles is 1. The second-order valence-electron chi connectivity index (χ2n) is 6.60. The SMILES string of the molecule is CC(Nc1nccc(N2C(=O)OCC2C(C)C)n1)c1cccc(C#N)c1. The van der Waals surface area contributed by atoms with Crippen LogP contribution >= 0.6 is 0 Å². The first-order chi connectivity index (χ1) is 12.5. The maximum Gasteiger partial charge on any atom is 0.415 e. The fourth-order valence-corrected chi connectivity index (χ4v) is 2.90. The molecule has 1 N–H and O–H groups in total. The Balaban J connectivity index is 1.81. The number of nitrogens with one attached hydrogen (secondary N) is 1. The number of aromatic nitrogens is 2. The molecular weight excluding hydrogens is 330 g/mol. The van der Waals surface area contributed by atoms with Crippen molar-refractivity contribution in [2.75, 3.05) is 16.8 Å². The van der Waals surface area contributed by atoms with E-state index >= 15 is 0 Å². The number of ether oxygens (including phenoxy) is 1. The summed E-state index contributed by atoms with van der Waals surface area (Å²) in [5.74, 6) is 1.18. The molecule has 1 fully saturated rings. The van der Waals surface area contributed by atoms with Crippen molar-refractivity contribution in [1.29, 1.82) is 5.26 Å². The molecule has 1 aliphatic heterocycles. The van der Waals surface area contributed by atoms with Gasteiger partial charge in [-0.2, -0.15) is 10.2 Å². The molecule has 0 saturated carbocycles. The molecule has 26 heavy (non-hydrogen) atoms. The molecule has 1 amide bonds. The van der Waals surface area contributed by atoms with Crippen molar-refractivity contribution in [2.24, 2.45) is 5.92 Å². The highest BCUT2D eigenvalue weighted by molar-refractivity contribution is 5.89. The minimum Gasteiger partial charge on any atom is -0.447 e. The molecule has 0 aliphatic carbocycles. The van der Waals surface area contributed by atoms with Gasteiger partial charge in [-0.3, -0.25) is 4.90 Å². The Morgan fingerprint density at radius 2 is 2.15 bits per heavy atom. The van der Waals surface area contributed by atoms with E-state index in [1.54, 1.807) is 23.2 Å². The summed E-state index contributed by atoms with van der Waals surface area (Å²) in [6.07, 6.45) is 1.23. The maximum absolute atomic E-state index is 12.1. The molecule has 0 spiro atoms. The Morgan fingerprint density at radius 3 is 2.88 bits per heavy atom. The number of cyclic esters (lactones) is 1. The molecule has 134 valence electrons. The highest BCUT2D eigenvalue weighted by atomic mass is 16.6. The number of amides is 1. The summed E-state index contributed by atoms with van der Waals surface area (Å²) >= 11 is 0. The number of carbonyl (C=O) groups is 1. The number of benzene rings is 1. The molecule has 1 saturated heterocycles. The van der Waals surface area contributed by atoms with Gasteiger partial charge in [-0.15, -0.1) is 0 Å². The van der Waals surface area contributed by atoms with Crippen LogP contribution in [0.2, 0.25) is 0 Å². The molecule has 2 aromatic rings. The van der Waals surface area contributed by atoms with Crippen molar-refractivity contribution in [2.45, 2.75) is 32.9 Å². The van der Waals surface area contributed by atoms with E-state index in [1.807, 2.05) is 39.0 Å². The van der Waals surface area contributed by atoms with Crippen LogP contribution in [0, 0.1) is 17.2 Å². The monoisotopic (exact) mass is 351 g/mol. The Bertz CT molecular complexity index is 846. The van der Waals surface area contributed by atoms with Gasteiger partial charge in [-0.25, -0.2) is 9.78 Å². The number of rotatable bonds is 5. The maximum atomic E-state index is 12.1. The largest absolute Gasteiger partial charge is 0.447 e. The highest BCUT2D eigenvalue weighted by Crippen LogP contribution is 2.26. The minimum absolute atomic E-state index is 0.0463. The van der Waals surface area contributed by atoms with Crippen molar-refractivity contribution in [3.8, 4) is 6.07 Å². The zero-order chi connectivity index (χ0) is 18.7. The third-order valence-electron chi connectivity index (χ3n) is 4.42. The molecule has 2 heterocycles. The van der Waals surface area contributed by atoms with Crippen molar-refractivity contribution in [3.63, 3.8) is 0 Å². The number of anilines is 2. The Hall–Kier alpha value is -3.14. The predicted molar refractivity (Wildman–Crippen MR) is 97.7 cm³/mol. The molecule has 3 rings (SSSR count). The summed E-state index contributed by atoms with van der Waals surface area (Å²) in [7, 11) is 0. The lowest BCUT2D eigenvalue weighted by atomic mass is 10.0. The van der Waals surface area contributed by atoms with Gasteiger partial charge >= 0.3 is 6.09 Å². The smallest absolute Gasteiger partial charge is 0.415 e. The molecule has 2 atom stereocenters. The number of nitrogens with zero attached hydrogens (tertiary/aromatic N) is 4. The van der Waals surface area contributed by atoms with Gasteiger partial charge in [0.15, 0.2) is 0 Å². The van der Waals surface area contributed by atoms with Gasteiger partial charge in [0.1, 0.15) is 12.4 Å². The topological polar surface area (TPSA) is 91.1 Å². The lowest BCUT2D eigenvalue weighted by molar-refractivity contribution is 0.177. The van der Waals surface area contributed by atoms with Crippen molar-refractivity contribution >= 4 is 17.9 Å². The van der Waals surface area contributed by atoms with Gasteiger partial charge in [0.25, 0.3) is 0 Å². The summed E-state index contributed by atoms with van der Waals surface area (Å²) in [6.45, 7) is 6.42. The molecule has 1 aromatic carbocycles. The minimum atomic E-state index is -0.386. The lowest BCUT2D eigenvalue weighted by Gasteiger charge is -2.23. The molecule has 1 aliphatic rings.